The molecular weight excluding hydrogens is 1570 g/mol. The molecule has 0 spiro atoms. The summed E-state index contributed by atoms with van der Waals surface area (Å²) in [5.41, 5.74) is -13.1. The zero-order valence-electron chi connectivity index (χ0n) is 57.9. The Kier molecular flexibility index (Phi) is 32.6. The Bertz CT molecular complexity index is 3200. The van der Waals surface area contributed by atoms with Crippen molar-refractivity contribution >= 4 is 104 Å². The maximum Gasteiger partial charge on any atom is 0.397 e. The monoisotopic (exact) mass is 1650 g/mol. The molecule has 60 heteroatoms. The highest BCUT2D eigenvalue weighted by molar-refractivity contribution is 7.93. The summed E-state index contributed by atoms with van der Waals surface area (Å²) in [5, 5.41) is 111. The normalized spacial score (nSPS) is 42.5. The number of hydrogen-bond donors (Lipinski definition) is 14. The van der Waals surface area contributed by atoms with Crippen molar-refractivity contribution in [1.29, 1.82) is 0 Å². The standard InChI is InChI=1S/C41H73N3O49S8/c1-14(82-100(59,60)61)25-41(5,80-37-30(67-9)38(2,50)28(22(75-37)31(46)47)77-36-23(44(6)96-91-86-53)39(3,69-11)26(66-8)16(73-36)12-70-97-92-87-54)27(81-98-93-88-55)18(43-95-90-85-52)34(76-25)79-40(4)24(45)21(83-101(62,63)64)35(78-29(40)32(48)49)74-19-15(13-71-99(56,57)58)72-33(68-10)17(20(19)65-7)42-94-89-84-51/h14-30,33-37,42-43,45,50-55H,12-13H2,1-11H3,(H,46,47)(H,48,49)(H,56,57,58)(H,59,60,61)(H,62,63,64)/t14?,15-,16-,17?,18?,19+,20?,21?,22+,23?,24-,25?,26+,27+,28+,29?,30?,33-,34+,35+,36+,37-,38?,39?,40-,41+/m0/s1/i14D,18D,25D,27D,34D. The molecule has 5 fully saturated rings. The molecule has 0 radical (unpaired) electrons. The van der Waals surface area contributed by atoms with E-state index in [9.17, 15) is 86.3 Å². The second-order valence-electron chi connectivity index (χ2n) is 20.9. The lowest BCUT2D eigenvalue weighted by atomic mass is 9.80. The summed E-state index contributed by atoms with van der Waals surface area (Å²) in [6, 6.07) is -7.71. The lowest BCUT2D eigenvalue weighted by Crippen LogP contribution is -2.77. The van der Waals surface area contributed by atoms with Gasteiger partial charge in [0.2, 0.25) is 0 Å². The average molecular weight is 1650 g/mol. The van der Waals surface area contributed by atoms with Crippen LogP contribution in [0.25, 0.3) is 0 Å². The first-order chi connectivity index (χ1) is 49.1. The number of aliphatic hydroxyl groups excluding tert-OH is 1. The van der Waals surface area contributed by atoms with Gasteiger partial charge in [-0.1, -0.05) is 25.2 Å². The molecule has 5 aliphatic rings. The molecule has 0 bridgehead atoms. The van der Waals surface area contributed by atoms with Crippen molar-refractivity contribution in [3.8, 4) is 0 Å². The molecule has 26 atom stereocenters. The highest BCUT2D eigenvalue weighted by atomic mass is 32.3. The van der Waals surface area contributed by atoms with E-state index in [1.165, 1.54) is 21.1 Å². The molecule has 0 amide bonds. The van der Waals surface area contributed by atoms with Crippen LogP contribution in [0, 0.1) is 0 Å². The van der Waals surface area contributed by atoms with Crippen LogP contribution in [0.15, 0.2) is 0 Å². The third-order valence-corrected chi connectivity index (χ3v) is 18.5. The molecule has 14 N–H and O–H groups in total. The Morgan fingerprint density at radius 3 is 1.77 bits per heavy atom. The molecule has 5 rings (SSSR count). The number of aliphatic carboxylic acids is 2. The van der Waals surface area contributed by atoms with Crippen LogP contribution in [0.4, 0.5) is 0 Å². The van der Waals surface area contributed by atoms with Crippen molar-refractivity contribution in [1.82, 2.24) is 13.7 Å². The van der Waals surface area contributed by atoms with Gasteiger partial charge in [-0.3, -0.25) is 22.0 Å². The van der Waals surface area contributed by atoms with Crippen LogP contribution in [-0.2, 0) is 175 Å². The van der Waals surface area contributed by atoms with E-state index in [0.717, 1.165) is 39.7 Å². The smallest absolute Gasteiger partial charge is 0.397 e. The molecule has 0 aromatic carbocycles. The summed E-state index contributed by atoms with van der Waals surface area (Å²) in [6.07, 6.45) is -54.9. The van der Waals surface area contributed by atoms with E-state index >= 15 is 0 Å². The summed E-state index contributed by atoms with van der Waals surface area (Å²) in [4.78, 5) is 27.6. The molecular formula is C41H73N3O49S8. The minimum absolute atomic E-state index is 0.0402. The van der Waals surface area contributed by atoms with Crippen LogP contribution in [0.2, 0.25) is 0 Å². The van der Waals surface area contributed by atoms with Gasteiger partial charge in [-0.05, 0) is 34.6 Å². The van der Waals surface area contributed by atoms with Gasteiger partial charge in [-0.2, -0.15) is 25.3 Å². The van der Waals surface area contributed by atoms with E-state index in [2.05, 4.69) is 59.9 Å². The number of nitrogens with one attached hydrogen (secondary N) is 2. The van der Waals surface area contributed by atoms with Crippen molar-refractivity contribution in [3.63, 3.8) is 0 Å². The van der Waals surface area contributed by atoms with E-state index in [0.29, 0.717) is 6.92 Å². The third kappa shape index (κ3) is 23.0. The number of carboxylic acids is 2. The highest BCUT2D eigenvalue weighted by Gasteiger charge is 2.69. The van der Waals surface area contributed by atoms with Crippen LogP contribution in [0.1, 0.15) is 41.5 Å². The minimum atomic E-state index is -6.35. The largest absolute Gasteiger partial charge is 0.479 e. The van der Waals surface area contributed by atoms with Crippen molar-refractivity contribution in [2.45, 2.75) is 192 Å². The van der Waals surface area contributed by atoms with Gasteiger partial charge in [0, 0.05) is 42.6 Å². The second kappa shape index (κ2) is 40.0. The summed E-state index contributed by atoms with van der Waals surface area (Å²) in [5.74, 6) is -4.68. The summed E-state index contributed by atoms with van der Waals surface area (Å²) in [7, 11) is -11.9. The zero-order valence-corrected chi connectivity index (χ0v) is 59.4. The number of ether oxygens (including phenoxy) is 14. The number of rotatable bonds is 44. The van der Waals surface area contributed by atoms with Crippen LogP contribution >= 0.6 is 61.3 Å². The van der Waals surface area contributed by atoms with Crippen molar-refractivity contribution in [3.05, 3.63) is 0 Å². The van der Waals surface area contributed by atoms with Crippen LogP contribution in [0.5, 0.6) is 0 Å². The summed E-state index contributed by atoms with van der Waals surface area (Å²) < 4.78 is 290. The Balaban J connectivity index is 1.82. The maximum atomic E-state index is 13.8. The second-order valence-corrected chi connectivity index (χ2v) is 26.9. The first kappa shape index (κ1) is 82.4. The molecule has 5 saturated heterocycles. The molecule has 0 saturated carbocycles. The number of carbonyl (C=O) groups is 2. The fourth-order valence-electron chi connectivity index (χ4n) is 10.9. The van der Waals surface area contributed by atoms with Crippen LogP contribution in [0.3, 0.4) is 0 Å². The van der Waals surface area contributed by atoms with Gasteiger partial charge in [-0.25, -0.2) is 62.2 Å². The molecule has 0 aliphatic carbocycles. The number of likely N-dealkylation sites (N-methyl/N-ethyl adjacent to an activating group) is 1. The van der Waals surface area contributed by atoms with Gasteiger partial charge in [0.15, 0.2) is 74.4 Å². The Hall–Kier alpha value is -1.14. The number of methoxy groups -OCH3 is 5. The van der Waals surface area contributed by atoms with Crippen molar-refractivity contribution in [2.75, 3.05) is 55.8 Å². The average Bonchev–Trinajstić information content (AvgIpc) is 0.659. The molecule has 594 valence electrons. The number of aliphatic hydroxyl groups is 2. The first-order valence-corrected chi connectivity index (χ1v) is 34.4. The molecule has 0 aromatic rings. The first-order valence-electron chi connectivity index (χ1n) is 29.3. The van der Waals surface area contributed by atoms with E-state index < -0.39 is 238 Å². The number of nitrogens with zero attached hydrogens (tertiary/aromatic N) is 1. The predicted octanol–water partition coefficient (Wildman–Crippen LogP) is -2.93. The fourth-order valence-corrected chi connectivity index (χ4v) is 14.0. The van der Waals surface area contributed by atoms with Crippen LogP contribution in [-0.4, -0.2) is 315 Å². The molecule has 5 aliphatic heterocycles. The van der Waals surface area contributed by atoms with E-state index in [-0.39, 0.29) is 50.6 Å². The van der Waals surface area contributed by atoms with Crippen molar-refractivity contribution in [2.24, 2.45) is 0 Å². The number of hydrogen-bond acceptors (Lipinski definition) is 52. The minimum Gasteiger partial charge on any atom is -0.479 e. The quantitative estimate of drug-likeness (QED) is 0.00725. The molecule has 0 aromatic heterocycles. The van der Waals surface area contributed by atoms with Gasteiger partial charge in [0.1, 0.15) is 138 Å². The highest BCUT2D eigenvalue weighted by Crippen LogP contribution is 2.49. The lowest BCUT2D eigenvalue weighted by molar-refractivity contribution is -0.437. The van der Waals surface area contributed by atoms with Gasteiger partial charge in [-0.15, -0.1) is 21.7 Å². The predicted molar refractivity (Wildman–Crippen MR) is 313 cm³/mol. The molecule has 52 nitrogen and oxygen atoms in total. The van der Waals surface area contributed by atoms with Gasteiger partial charge in [0.25, 0.3) is 0 Å². The van der Waals surface area contributed by atoms with Crippen LogP contribution < -0.4 is 9.44 Å². The Morgan fingerprint density at radius 1 is 0.634 bits per heavy atom. The van der Waals surface area contributed by atoms with E-state index in [4.69, 9.17) is 94.6 Å². The van der Waals surface area contributed by atoms with Crippen molar-refractivity contribution < 1.29 is 236 Å². The Morgan fingerprint density at radius 2 is 1.24 bits per heavy atom. The lowest BCUT2D eigenvalue weighted by Gasteiger charge is -2.58. The molecule has 11 unspecified atom stereocenters. The van der Waals surface area contributed by atoms with Gasteiger partial charge < -0.3 is 86.7 Å². The maximum absolute atomic E-state index is 13.8. The molecule has 5 heterocycles. The zero-order chi connectivity index (χ0) is 80.4. The Labute approximate surface area is 599 Å². The van der Waals surface area contributed by atoms with E-state index in [1.54, 1.807) is 4.72 Å². The van der Waals surface area contributed by atoms with E-state index in [1.807, 2.05) is 0 Å². The fraction of sp³-hybridized carbons (Fsp3) is 0.951. The SMILES string of the molecule is [2H]C(C)(OS(=O)(=O)O)C1([2H])O[C@]([2H])(O[C@]2(C)C(C(=O)O)O[C@@H](O[C@H]3C(OC)C(NSOOO)[C@@H](OC)O[C@H]3COS(=O)(=O)O)C(OS(=O)(=O)O)[C@@H]2O)C([2H])(NSOOO)[C@@]([2H])(OSOOO)[C@]1(C)O[C@@H]1O[C@@H](C(=O)O)[C@@H](O[C@H]2O[C@@H](COSOOO)[C@@H](OC)C(C)(OC)C2N(C)SOOO)C(C)(O)C1OC. The number of carboxylic acid groups (broad SMARTS) is 2. The van der Waals surface area contributed by atoms with Gasteiger partial charge >= 0.3 is 43.1 Å². The molecule has 101 heavy (non-hydrogen) atoms. The third-order valence-electron chi connectivity index (χ3n) is 15.0. The van der Waals surface area contributed by atoms with Gasteiger partial charge in [0.05, 0.1) is 26.1 Å². The topological polar surface area (TPSA) is 674 Å². The summed E-state index contributed by atoms with van der Waals surface area (Å²) in [6.45, 7) is 0.757. The summed E-state index contributed by atoms with van der Waals surface area (Å²) >= 11 is -1.31.